The predicted octanol–water partition coefficient (Wildman–Crippen LogP) is 4.49. The van der Waals surface area contributed by atoms with Crippen LogP contribution in [0.25, 0.3) is 0 Å². The number of hydrogen-bond donors (Lipinski definition) is 1. The highest BCUT2D eigenvalue weighted by Crippen LogP contribution is 2.29. The smallest absolute Gasteiger partial charge is 0.264 e. The van der Waals surface area contributed by atoms with Crippen molar-refractivity contribution in [2.45, 2.75) is 9.92 Å². The second-order valence-electron chi connectivity index (χ2n) is 6.32. The molecule has 1 aromatic heterocycles. The molecule has 6 nitrogen and oxygen atoms in total. The average molecular weight is 496 g/mol. The molecule has 0 radical (unpaired) electrons. The number of carbonyl (C=O) groups is 1. The summed E-state index contributed by atoms with van der Waals surface area (Å²) >= 11 is 13.6. The minimum atomic E-state index is -4.02. The Hall–Kier alpha value is -2.26. The van der Waals surface area contributed by atoms with Gasteiger partial charge < -0.3 is 5.32 Å². The summed E-state index contributed by atoms with van der Waals surface area (Å²) in [4.78, 5) is 16.8. The lowest BCUT2D eigenvalue weighted by Gasteiger charge is -2.24. The molecular weight excluding hydrogens is 477 g/mol. The topological polar surface area (TPSA) is 79.4 Å². The van der Waals surface area contributed by atoms with Crippen molar-refractivity contribution in [3.8, 4) is 0 Å². The Morgan fingerprint density at radius 1 is 1.00 bits per heavy atom. The Kier molecular flexibility index (Phi) is 8.20. The van der Waals surface area contributed by atoms with Gasteiger partial charge in [0.05, 0.1) is 15.6 Å². The van der Waals surface area contributed by atoms with Crippen LogP contribution in [0.15, 0.2) is 82.8 Å². The van der Waals surface area contributed by atoms with Crippen molar-refractivity contribution in [2.75, 3.05) is 23.1 Å². The summed E-state index contributed by atoms with van der Waals surface area (Å²) in [6.45, 7) is -0.0578. The first-order valence-corrected chi connectivity index (χ1v) is 12.4. The van der Waals surface area contributed by atoms with Crippen LogP contribution in [0, 0.1) is 0 Å². The molecule has 10 heteroatoms. The van der Waals surface area contributed by atoms with Crippen LogP contribution in [0.2, 0.25) is 10.0 Å². The molecule has 0 spiro atoms. The number of hydrogen-bond acceptors (Lipinski definition) is 5. The normalized spacial score (nSPS) is 11.2. The third-order valence-corrected chi connectivity index (χ3v) is 7.24. The quantitative estimate of drug-likeness (QED) is 0.349. The number of nitrogens with one attached hydrogen (secondary N) is 1. The van der Waals surface area contributed by atoms with Crippen molar-refractivity contribution in [3.63, 3.8) is 0 Å². The van der Waals surface area contributed by atoms with Crippen molar-refractivity contribution < 1.29 is 13.2 Å². The molecule has 2 aromatic carbocycles. The molecular formula is C21H19Cl2N3O3S2. The largest absolute Gasteiger partial charge is 0.354 e. The molecule has 3 rings (SSSR count). The Balaban J connectivity index is 1.74. The molecule has 0 unspecified atom stereocenters. The maximum atomic E-state index is 13.3. The van der Waals surface area contributed by atoms with E-state index < -0.39 is 22.5 Å². The first-order chi connectivity index (χ1) is 14.9. The average Bonchev–Trinajstić information content (AvgIpc) is 2.75. The number of anilines is 1. The van der Waals surface area contributed by atoms with Gasteiger partial charge in [0.25, 0.3) is 10.0 Å². The predicted molar refractivity (Wildman–Crippen MR) is 125 cm³/mol. The number of rotatable bonds is 9. The van der Waals surface area contributed by atoms with E-state index in [4.69, 9.17) is 23.2 Å². The second-order valence-corrected chi connectivity index (χ2v) is 10.2. The van der Waals surface area contributed by atoms with E-state index in [1.807, 2.05) is 18.2 Å². The third kappa shape index (κ3) is 6.61. The van der Waals surface area contributed by atoms with Gasteiger partial charge in [0.15, 0.2) is 0 Å². The van der Waals surface area contributed by atoms with E-state index in [9.17, 15) is 13.2 Å². The van der Waals surface area contributed by atoms with Crippen LogP contribution in [0.4, 0.5) is 5.69 Å². The molecule has 0 bridgehead atoms. The standard InChI is InChI=1S/C21H19Cl2N3O3S2/c22-16-12-17(23)14-18(13-16)26(31(28,29)19-6-2-1-3-7-19)15-20(27)24-10-11-30-21-8-4-5-9-25-21/h1-9,12-14H,10-11,15H2,(H,24,27). The van der Waals surface area contributed by atoms with Gasteiger partial charge in [-0.25, -0.2) is 13.4 Å². The first-order valence-electron chi connectivity index (χ1n) is 9.21. The van der Waals surface area contributed by atoms with Gasteiger partial charge in [0, 0.05) is 28.5 Å². The molecule has 0 fully saturated rings. The fraction of sp³-hybridized carbons (Fsp3) is 0.143. The molecule has 0 aliphatic carbocycles. The number of halogens is 2. The first kappa shape index (κ1) is 23.4. The van der Waals surface area contributed by atoms with E-state index in [0.717, 1.165) is 9.33 Å². The van der Waals surface area contributed by atoms with E-state index in [1.54, 1.807) is 24.4 Å². The van der Waals surface area contributed by atoms with Crippen LogP contribution in [0.1, 0.15) is 0 Å². The van der Waals surface area contributed by atoms with Gasteiger partial charge in [0.1, 0.15) is 6.54 Å². The van der Waals surface area contributed by atoms with Gasteiger partial charge in [-0.05, 0) is 42.5 Å². The van der Waals surface area contributed by atoms with Crippen LogP contribution >= 0.6 is 35.0 Å². The van der Waals surface area contributed by atoms with E-state index >= 15 is 0 Å². The van der Waals surface area contributed by atoms with Gasteiger partial charge in [0.2, 0.25) is 5.91 Å². The molecule has 1 amide bonds. The maximum Gasteiger partial charge on any atom is 0.264 e. The fourth-order valence-corrected chi connectivity index (χ4v) is 5.35. The monoisotopic (exact) mass is 495 g/mol. The summed E-state index contributed by atoms with van der Waals surface area (Å²) in [6, 6.07) is 17.9. The van der Waals surface area contributed by atoms with Crippen LogP contribution in [-0.2, 0) is 14.8 Å². The van der Waals surface area contributed by atoms with E-state index in [-0.39, 0.29) is 20.6 Å². The molecule has 1 heterocycles. The minimum Gasteiger partial charge on any atom is -0.354 e. The third-order valence-electron chi connectivity index (χ3n) is 4.07. The lowest BCUT2D eigenvalue weighted by Crippen LogP contribution is -2.41. The summed E-state index contributed by atoms with van der Waals surface area (Å²) in [5, 5.41) is 4.13. The molecule has 31 heavy (non-hydrogen) atoms. The molecule has 1 N–H and O–H groups in total. The summed E-state index contributed by atoms with van der Waals surface area (Å²) in [5.41, 5.74) is 0.208. The maximum absolute atomic E-state index is 13.3. The number of thioether (sulfide) groups is 1. The summed E-state index contributed by atoms with van der Waals surface area (Å²) in [6.07, 6.45) is 1.70. The van der Waals surface area contributed by atoms with Gasteiger partial charge in [-0.15, -0.1) is 11.8 Å². The Morgan fingerprint density at radius 2 is 1.68 bits per heavy atom. The van der Waals surface area contributed by atoms with Crippen LogP contribution in [0.5, 0.6) is 0 Å². The number of amides is 1. The lowest BCUT2D eigenvalue weighted by molar-refractivity contribution is -0.119. The SMILES string of the molecule is O=C(CN(c1cc(Cl)cc(Cl)c1)S(=O)(=O)c1ccccc1)NCCSc1ccccn1. The minimum absolute atomic E-state index is 0.0598. The number of aromatic nitrogens is 1. The summed E-state index contributed by atoms with van der Waals surface area (Å²) < 4.78 is 27.5. The highest BCUT2D eigenvalue weighted by Gasteiger charge is 2.27. The Labute approximate surface area is 195 Å². The number of pyridine rings is 1. The van der Waals surface area contributed by atoms with E-state index in [0.29, 0.717) is 12.3 Å². The fourth-order valence-electron chi connectivity index (χ4n) is 2.68. The number of nitrogens with zero attached hydrogens (tertiary/aromatic N) is 2. The highest BCUT2D eigenvalue weighted by atomic mass is 35.5. The molecule has 0 atom stereocenters. The van der Waals surface area contributed by atoms with Gasteiger partial charge in [-0.1, -0.05) is 47.5 Å². The Bertz CT molecular complexity index is 1110. The zero-order chi connectivity index (χ0) is 22.3. The molecule has 0 aliphatic heterocycles. The van der Waals surface area contributed by atoms with Crippen LogP contribution in [0.3, 0.4) is 0 Å². The Morgan fingerprint density at radius 3 is 2.32 bits per heavy atom. The van der Waals surface area contributed by atoms with Gasteiger partial charge in [-0.2, -0.15) is 0 Å². The van der Waals surface area contributed by atoms with Crippen LogP contribution in [-0.4, -0.2) is 38.2 Å². The number of carbonyl (C=O) groups excluding carboxylic acids is 1. The molecule has 0 saturated heterocycles. The van der Waals surface area contributed by atoms with E-state index in [1.165, 1.54) is 42.1 Å². The van der Waals surface area contributed by atoms with Gasteiger partial charge in [-0.3, -0.25) is 9.10 Å². The highest BCUT2D eigenvalue weighted by molar-refractivity contribution is 7.99. The number of sulfonamides is 1. The zero-order valence-electron chi connectivity index (χ0n) is 16.2. The van der Waals surface area contributed by atoms with Crippen molar-refractivity contribution in [1.29, 1.82) is 0 Å². The van der Waals surface area contributed by atoms with Crippen molar-refractivity contribution in [3.05, 3.63) is 83.0 Å². The zero-order valence-corrected chi connectivity index (χ0v) is 19.4. The van der Waals surface area contributed by atoms with Crippen LogP contribution < -0.4 is 9.62 Å². The molecule has 0 saturated carbocycles. The molecule has 0 aliphatic rings. The summed E-state index contributed by atoms with van der Waals surface area (Å²) in [5.74, 6) is 0.147. The molecule has 3 aromatic rings. The lowest BCUT2D eigenvalue weighted by atomic mass is 10.3. The van der Waals surface area contributed by atoms with Gasteiger partial charge >= 0.3 is 0 Å². The number of benzene rings is 2. The van der Waals surface area contributed by atoms with Crippen molar-refractivity contribution >= 4 is 56.6 Å². The van der Waals surface area contributed by atoms with E-state index in [2.05, 4.69) is 10.3 Å². The summed E-state index contributed by atoms with van der Waals surface area (Å²) in [7, 11) is -4.02. The molecule has 162 valence electrons. The van der Waals surface area contributed by atoms with Crippen molar-refractivity contribution in [2.24, 2.45) is 0 Å². The second kappa shape index (κ2) is 10.9. The van der Waals surface area contributed by atoms with Crippen molar-refractivity contribution in [1.82, 2.24) is 10.3 Å².